The molecule has 1 saturated heterocycles. The summed E-state index contributed by atoms with van der Waals surface area (Å²) >= 11 is 0. The van der Waals surface area contributed by atoms with Gasteiger partial charge in [0.05, 0.1) is 6.04 Å². The lowest BCUT2D eigenvalue weighted by Crippen LogP contribution is -2.33. The molecule has 1 aliphatic rings. The molecule has 0 aromatic heterocycles. The summed E-state index contributed by atoms with van der Waals surface area (Å²) in [6.07, 6.45) is 5.63. The number of rotatable bonds is 0. The van der Waals surface area contributed by atoms with Gasteiger partial charge in [-0.05, 0) is 12.8 Å². The van der Waals surface area contributed by atoms with Gasteiger partial charge < -0.3 is 15.2 Å². The summed E-state index contributed by atoms with van der Waals surface area (Å²) in [4.78, 5) is 22.6. The standard InChI is InChI=1S/C12H21NO4/c13-10-8-16-11(14)6-4-2-1-3-5-7-12(15)17-9-10/h10H,1-9,13H2. The summed E-state index contributed by atoms with van der Waals surface area (Å²) in [5.74, 6) is -0.437. The van der Waals surface area contributed by atoms with Gasteiger partial charge in [0.25, 0.3) is 0 Å². The smallest absolute Gasteiger partial charge is 0.305 e. The maximum Gasteiger partial charge on any atom is 0.305 e. The first kappa shape index (κ1) is 14.0. The summed E-state index contributed by atoms with van der Waals surface area (Å²) in [6.45, 7) is 0.234. The Kier molecular flexibility index (Phi) is 6.62. The van der Waals surface area contributed by atoms with Gasteiger partial charge in [-0.1, -0.05) is 19.3 Å². The molecule has 0 amide bonds. The van der Waals surface area contributed by atoms with Crippen molar-refractivity contribution in [2.24, 2.45) is 5.73 Å². The van der Waals surface area contributed by atoms with Crippen LogP contribution in [0.5, 0.6) is 0 Å². The van der Waals surface area contributed by atoms with E-state index >= 15 is 0 Å². The number of carbonyl (C=O) groups excluding carboxylic acids is 2. The van der Waals surface area contributed by atoms with Crippen molar-refractivity contribution in [3.63, 3.8) is 0 Å². The van der Waals surface area contributed by atoms with Gasteiger partial charge in [-0.15, -0.1) is 0 Å². The van der Waals surface area contributed by atoms with Gasteiger partial charge in [0.1, 0.15) is 13.2 Å². The molecule has 5 heteroatoms. The molecule has 1 heterocycles. The van der Waals surface area contributed by atoms with Crippen LogP contribution in [0.4, 0.5) is 0 Å². The number of ether oxygens (including phenoxy) is 2. The molecule has 2 N–H and O–H groups in total. The van der Waals surface area contributed by atoms with E-state index in [1.807, 2.05) is 0 Å². The average Bonchev–Trinajstić information content (AvgIpc) is 2.31. The maximum atomic E-state index is 11.3. The second-order valence-electron chi connectivity index (χ2n) is 4.39. The summed E-state index contributed by atoms with van der Waals surface area (Å²) < 4.78 is 9.96. The van der Waals surface area contributed by atoms with Crippen LogP contribution in [0.15, 0.2) is 0 Å². The van der Waals surface area contributed by atoms with E-state index < -0.39 is 6.04 Å². The normalized spacial score (nSPS) is 22.4. The minimum atomic E-state index is -0.425. The van der Waals surface area contributed by atoms with Crippen molar-refractivity contribution in [1.82, 2.24) is 0 Å². The highest BCUT2D eigenvalue weighted by atomic mass is 16.5. The van der Waals surface area contributed by atoms with Crippen LogP contribution < -0.4 is 5.73 Å². The second kappa shape index (κ2) is 8.06. The summed E-state index contributed by atoms with van der Waals surface area (Å²) in [5, 5.41) is 0. The molecular formula is C12H21NO4. The van der Waals surface area contributed by atoms with E-state index in [0.29, 0.717) is 12.8 Å². The summed E-state index contributed by atoms with van der Waals surface area (Å²) in [7, 11) is 0. The van der Waals surface area contributed by atoms with Crippen LogP contribution in [-0.4, -0.2) is 31.2 Å². The summed E-state index contributed by atoms with van der Waals surface area (Å²) in [6, 6.07) is -0.425. The molecule has 0 aromatic carbocycles. The zero-order valence-corrected chi connectivity index (χ0v) is 10.2. The number of carbonyl (C=O) groups is 2. The van der Waals surface area contributed by atoms with Crippen LogP contribution in [0.1, 0.15) is 44.9 Å². The number of hydrogen-bond donors (Lipinski definition) is 1. The van der Waals surface area contributed by atoms with E-state index in [0.717, 1.165) is 32.1 Å². The van der Waals surface area contributed by atoms with Crippen LogP contribution in [0, 0.1) is 0 Å². The quantitative estimate of drug-likeness (QED) is 0.645. The number of hydrogen-bond acceptors (Lipinski definition) is 5. The van der Waals surface area contributed by atoms with Crippen molar-refractivity contribution in [2.45, 2.75) is 51.0 Å². The fraction of sp³-hybridized carbons (Fsp3) is 0.833. The van der Waals surface area contributed by atoms with Gasteiger partial charge in [0.2, 0.25) is 0 Å². The SMILES string of the molecule is NC1COC(=O)CCCCCCCC(=O)OC1. The molecule has 0 aromatic rings. The lowest BCUT2D eigenvalue weighted by molar-refractivity contribution is -0.147. The minimum absolute atomic E-state index is 0.117. The molecule has 0 bridgehead atoms. The minimum Gasteiger partial charge on any atom is -0.464 e. The molecule has 0 atom stereocenters. The Bertz CT molecular complexity index is 231. The number of esters is 2. The second-order valence-corrected chi connectivity index (χ2v) is 4.39. The molecular weight excluding hydrogens is 222 g/mol. The predicted molar refractivity (Wildman–Crippen MR) is 62.2 cm³/mol. The topological polar surface area (TPSA) is 78.6 Å². The van der Waals surface area contributed by atoms with Crippen molar-refractivity contribution in [1.29, 1.82) is 0 Å². The largest absolute Gasteiger partial charge is 0.464 e. The first-order chi connectivity index (χ1) is 8.18. The molecule has 1 fully saturated rings. The average molecular weight is 243 g/mol. The van der Waals surface area contributed by atoms with Crippen molar-refractivity contribution in [3.05, 3.63) is 0 Å². The molecule has 98 valence electrons. The van der Waals surface area contributed by atoms with Gasteiger partial charge in [-0.3, -0.25) is 9.59 Å². The van der Waals surface area contributed by atoms with Gasteiger partial charge in [-0.25, -0.2) is 0 Å². The third-order valence-electron chi connectivity index (χ3n) is 2.68. The molecule has 0 radical (unpaired) electrons. The van der Waals surface area contributed by atoms with Gasteiger partial charge in [0.15, 0.2) is 0 Å². The van der Waals surface area contributed by atoms with Gasteiger partial charge >= 0.3 is 11.9 Å². The van der Waals surface area contributed by atoms with E-state index in [9.17, 15) is 9.59 Å². The third-order valence-corrected chi connectivity index (χ3v) is 2.68. The van der Waals surface area contributed by atoms with E-state index in [1.54, 1.807) is 0 Å². The van der Waals surface area contributed by atoms with E-state index in [2.05, 4.69) is 0 Å². The molecule has 1 aliphatic heterocycles. The molecule has 0 unspecified atom stereocenters. The zero-order chi connectivity index (χ0) is 12.5. The Morgan fingerprint density at radius 1 is 0.824 bits per heavy atom. The van der Waals surface area contributed by atoms with Crippen LogP contribution in [0.2, 0.25) is 0 Å². The molecule has 0 saturated carbocycles. The molecule has 5 nitrogen and oxygen atoms in total. The highest BCUT2D eigenvalue weighted by Gasteiger charge is 2.11. The Morgan fingerprint density at radius 3 is 1.71 bits per heavy atom. The number of nitrogens with two attached hydrogens (primary N) is 1. The lowest BCUT2D eigenvalue weighted by Gasteiger charge is -2.13. The first-order valence-corrected chi connectivity index (χ1v) is 6.25. The first-order valence-electron chi connectivity index (χ1n) is 6.25. The molecule has 1 rings (SSSR count). The third kappa shape index (κ3) is 6.94. The Hall–Kier alpha value is -1.10. The van der Waals surface area contributed by atoms with E-state index in [4.69, 9.17) is 15.2 Å². The monoisotopic (exact) mass is 243 g/mol. The highest BCUT2D eigenvalue weighted by molar-refractivity contribution is 5.69. The fourth-order valence-corrected chi connectivity index (χ4v) is 1.66. The van der Waals surface area contributed by atoms with Crippen molar-refractivity contribution < 1.29 is 19.1 Å². The Balaban J connectivity index is 2.34. The van der Waals surface area contributed by atoms with E-state index in [1.165, 1.54) is 0 Å². The van der Waals surface area contributed by atoms with Crippen LogP contribution in [0.25, 0.3) is 0 Å². The van der Waals surface area contributed by atoms with Crippen molar-refractivity contribution in [3.8, 4) is 0 Å². The molecule has 17 heavy (non-hydrogen) atoms. The van der Waals surface area contributed by atoms with Gasteiger partial charge in [0, 0.05) is 12.8 Å². The number of cyclic esters (lactones) is 2. The van der Waals surface area contributed by atoms with Crippen LogP contribution in [0.3, 0.4) is 0 Å². The Labute approximate surface area is 102 Å². The Morgan fingerprint density at radius 2 is 1.24 bits per heavy atom. The lowest BCUT2D eigenvalue weighted by atomic mass is 10.1. The van der Waals surface area contributed by atoms with Crippen molar-refractivity contribution in [2.75, 3.05) is 13.2 Å². The summed E-state index contributed by atoms with van der Waals surface area (Å²) in [5.41, 5.74) is 5.65. The van der Waals surface area contributed by atoms with E-state index in [-0.39, 0.29) is 25.2 Å². The van der Waals surface area contributed by atoms with Crippen LogP contribution >= 0.6 is 0 Å². The predicted octanol–water partition coefficient (Wildman–Crippen LogP) is 1.14. The highest BCUT2D eigenvalue weighted by Crippen LogP contribution is 2.09. The fourth-order valence-electron chi connectivity index (χ4n) is 1.66. The maximum absolute atomic E-state index is 11.3. The van der Waals surface area contributed by atoms with Crippen molar-refractivity contribution >= 4 is 11.9 Å². The zero-order valence-electron chi connectivity index (χ0n) is 10.2. The van der Waals surface area contributed by atoms with Gasteiger partial charge in [-0.2, -0.15) is 0 Å². The van der Waals surface area contributed by atoms with Crippen LogP contribution in [-0.2, 0) is 19.1 Å². The molecule has 0 spiro atoms. The molecule has 0 aliphatic carbocycles.